The Morgan fingerprint density at radius 1 is 1.75 bits per heavy atom. The summed E-state index contributed by atoms with van der Waals surface area (Å²) in [5.41, 5.74) is 0. The van der Waals surface area contributed by atoms with E-state index in [2.05, 4.69) is 12.1 Å². The van der Waals surface area contributed by atoms with Crippen molar-refractivity contribution in [1.29, 1.82) is 0 Å². The maximum absolute atomic E-state index is 12.2. The minimum absolute atomic E-state index is 1.09. The number of hydrogen-bond acceptors (Lipinski definition) is 1. The number of rotatable bonds is 2. The Kier molecular flexibility index (Phi) is 4.60. The van der Waals surface area contributed by atoms with E-state index < -0.39 is 14.9 Å². The maximum atomic E-state index is 12.2. The predicted octanol–water partition coefficient (Wildman–Crippen LogP) is 1.39. The van der Waals surface area contributed by atoms with Crippen LogP contribution in [0.2, 0.25) is 6.55 Å². The fourth-order valence-electron chi connectivity index (χ4n) is 0.0782. The summed E-state index contributed by atoms with van der Waals surface area (Å²) in [6.45, 7) is -0.769. The van der Waals surface area contributed by atoms with Crippen LogP contribution in [0.1, 0.15) is 0 Å². The van der Waals surface area contributed by atoms with Crippen LogP contribution in [0, 0.1) is 0 Å². The first kappa shape index (κ1) is 9.72. The molecule has 0 aromatic heterocycles. The van der Waals surface area contributed by atoms with Crippen LogP contribution in [0.5, 0.6) is 0 Å². The smallest absolute Gasteiger partial charge is 0.268 e. The highest BCUT2D eigenvalue weighted by Crippen LogP contribution is 2.24. The van der Waals surface area contributed by atoms with E-state index in [1.165, 1.54) is 8.38 Å². The number of hydrogen-bond donors (Lipinski definition) is 0. The molecule has 0 fully saturated rings. The second-order valence-corrected chi connectivity index (χ2v) is 21.5. The van der Waals surface area contributed by atoms with Gasteiger partial charge in [0.15, 0.2) is 0 Å². The van der Waals surface area contributed by atoms with Crippen LogP contribution in [0.15, 0.2) is 0 Å². The molecule has 0 aromatic carbocycles. The van der Waals surface area contributed by atoms with E-state index in [1.54, 1.807) is 0 Å². The largest absolute Gasteiger partial charge is 0.470 e. The molecule has 0 saturated heterocycles. The van der Waals surface area contributed by atoms with Gasteiger partial charge < -0.3 is 0 Å². The Bertz CT molecular complexity index is 74.9. The van der Waals surface area contributed by atoms with Crippen LogP contribution in [-0.2, 0) is 12.1 Å². The van der Waals surface area contributed by atoms with Crippen LogP contribution < -0.4 is 0 Å². The fourth-order valence-corrected chi connectivity index (χ4v) is 14.2. The molecule has 50 valence electrons. The van der Waals surface area contributed by atoms with Crippen molar-refractivity contribution in [3.8, 4) is 0 Å². The van der Waals surface area contributed by atoms with Gasteiger partial charge in [-0.3, -0.25) is 8.22 Å². The lowest BCUT2D eigenvalue weighted by molar-refractivity contribution is 0.655. The van der Waals surface area contributed by atoms with Crippen molar-refractivity contribution in [3.63, 3.8) is 0 Å². The Balaban J connectivity index is 3.62. The van der Waals surface area contributed by atoms with E-state index >= 15 is 0 Å². The molecule has 0 saturated carbocycles. The van der Waals surface area contributed by atoms with Gasteiger partial charge in [0, 0.05) is 0 Å². The van der Waals surface area contributed by atoms with Crippen LogP contribution >= 0.6 is 29.6 Å². The predicted molar refractivity (Wildman–Crippen MR) is 52.7 cm³/mol. The molecular weight excluding hydrogens is 297 g/mol. The summed E-state index contributed by atoms with van der Waals surface area (Å²) in [4.78, 5) is 0. The molecule has 0 aliphatic rings. The minimum atomic E-state index is -3.75. The Morgan fingerprint density at radius 2 is 2.12 bits per heavy atom. The van der Waals surface area contributed by atoms with E-state index in [9.17, 15) is 8.22 Å². The van der Waals surface area contributed by atoms with Crippen molar-refractivity contribution in [2.45, 2.75) is 6.55 Å². The van der Waals surface area contributed by atoms with E-state index in [0.29, 0.717) is 0 Å². The normalized spacial score (nSPS) is 16.1. The molecule has 0 radical (unpaired) electrons. The van der Waals surface area contributed by atoms with Crippen molar-refractivity contribution >= 4 is 56.5 Å². The Hall–Kier alpha value is 1.72. The van der Waals surface area contributed by atoms with Crippen molar-refractivity contribution in [3.05, 3.63) is 0 Å². The van der Waals surface area contributed by atoms with E-state index in [4.69, 9.17) is 0 Å². The lowest BCUT2D eigenvalue weighted by atomic mass is 11.9. The van der Waals surface area contributed by atoms with Gasteiger partial charge in [-0.25, -0.2) is 0 Å². The average molecular weight is 303 g/mol. The fraction of sp³-hybridized carbons (Fsp3) is 1.00. The highest BCUT2D eigenvalue weighted by molar-refractivity contribution is 14.2. The zero-order valence-corrected chi connectivity index (χ0v) is 10.2. The van der Waals surface area contributed by atoms with Crippen LogP contribution in [0.4, 0.5) is 8.22 Å². The van der Waals surface area contributed by atoms with Gasteiger partial charge in [0.25, 0.3) is 0 Å². The van der Waals surface area contributed by atoms with Crippen LogP contribution in [0.25, 0.3) is 0 Å². The highest BCUT2D eigenvalue weighted by Gasteiger charge is 2.46. The molecular formula is CH6F2IS2Si2+. The van der Waals surface area contributed by atoms with Crippen molar-refractivity contribution < 1.29 is 8.22 Å². The molecule has 0 aliphatic heterocycles. The molecule has 0 amide bonds. The van der Waals surface area contributed by atoms with Crippen LogP contribution in [0.3, 0.4) is 0 Å². The van der Waals surface area contributed by atoms with E-state index in [-0.39, 0.29) is 0 Å². The van der Waals surface area contributed by atoms with Gasteiger partial charge in [0.1, 0.15) is 0 Å². The summed E-state index contributed by atoms with van der Waals surface area (Å²) in [5.74, 6) is 0. The lowest BCUT2D eigenvalue weighted by Gasteiger charge is -2.01. The van der Waals surface area contributed by atoms with Crippen molar-refractivity contribution in [2.24, 2.45) is 0 Å². The van der Waals surface area contributed by atoms with Crippen LogP contribution in [-0.4, -0.2) is 14.9 Å². The molecule has 0 aromatic rings. The second kappa shape index (κ2) is 3.79. The molecule has 0 spiro atoms. The van der Waals surface area contributed by atoms with Gasteiger partial charge in [0.05, 0.1) is 0 Å². The summed E-state index contributed by atoms with van der Waals surface area (Å²) in [6.07, 6.45) is 0. The third-order valence-electron chi connectivity index (χ3n) is 0.549. The van der Waals surface area contributed by atoms with Gasteiger partial charge in [-0.1, -0.05) is 20.5 Å². The first-order chi connectivity index (χ1) is 3.48. The van der Waals surface area contributed by atoms with Gasteiger partial charge in [-0.2, -0.15) is 0 Å². The van der Waals surface area contributed by atoms with Gasteiger partial charge in [-0.05, 0) is 27.8 Å². The molecule has 0 aliphatic carbocycles. The SMILES string of the molecule is C[Si](F)(F)[SiH]([SH2+])SI. The summed E-state index contributed by atoms with van der Waals surface area (Å²) in [5, 5.41) is 0. The highest BCUT2D eigenvalue weighted by atomic mass is 127. The van der Waals surface area contributed by atoms with E-state index in [0.717, 1.165) is 6.55 Å². The Labute approximate surface area is 70.8 Å². The monoisotopic (exact) mass is 303 g/mol. The molecule has 1 atom stereocenters. The first-order valence-electron chi connectivity index (χ1n) is 1.85. The van der Waals surface area contributed by atoms with Crippen molar-refractivity contribution in [1.82, 2.24) is 0 Å². The average Bonchev–Trinajstić information content (AvgIpc) is 1.62. The third kappa shape index (κ3) is 3.69. The first-order valence-corrected chi connectivity index (χ1v) is 13.1. The standard InChI is InChI=1S/CH5F2IS2Si2/c1-8(2,3)7(5)6-4/h5,7H,1H3/p+1. The van der Waals surface area contributed by atoms with Gasteiger partial charge >= 0.3 is 14.9 Å². The topological polar surface area (TPSA) is 0 Å². The molecule has 0 N–H and O–H groups in total. The summed E-state index contributed by atoms with van der Waals surface area (Å²) in [7, 11) is -2.49. The zero-order valence-electron chi connectivity index (χ0n) is 4.12. The van der Waals surface area contributed by atoms with Gasteiger partial charge in [0.2, 0.25) is 0 Å². The lowest BCUT2D eigenvalue weighted by Crippen LogP contribution is -2.35. The minimum Gasteiger partial charge on any atom is -0.268 e. The Morgan fingerprint density at radius 3 is 2.12 bits per heavy atom. The zero-order chi connectivity index (χ0) is 6.78. The quantitative estimate of drug-likeness (QED) is 0.321. The molecule has 0 nitrogen and oxygen atoms in total. The van der Waals surface area contributed by atoms with Crippen molar-refractivity contribution in [2.75, 3.05) is 0 Å². The molecule has 0 heterocycles. The maximum Gasteiger partial charge on any atom is 0.470 e. The molecule has 0 bridgehead atoms. The number of halogens is 3. The molecule has 7 heteroatoms. The summed E-state index contributed by atoms with van der Waals surface area (Å²) >= 11 is 4.97. The molecule has 1 unspecified atom stereocenters. The summed E-state index contributed by atoms with van der Waals surface area (Å²) < 4.78 is 24.5. The second-order valence-electron chi connectivity index (χ2n) is 1.43. The third-order valence-corrected chi connectivity index (χ3v) is 28.6. The molecule has 8 heavy (non-hydrogen) atoms. The summed E-state index contributed by atoms with van der Waals surface area (Å²) in [6, 6.07) is 0. The van der Waals surface area contributed by atoms with Gasteiger partial charge in [-0.15, -0.1) is 0 Å². The molecule has 0 rings (SSSR count). The van der Waals surface area contributed by atoms with E-state index in [1.807, 2.05) is 21.2 Å².